The normalized spacial score (nSPS) is 12.4. The highest BCUT2D eigenvalue weighted by molar-refractivity contribution is 8.00. The smallest absolute Gasteiger partial charge is 0.325 e. The second kappa shape index (κ2) is 9.30. The van der Waals surface area contributed by atoms with E-state index in [0.29, 0.717) is 11.3 Å². The molecule has 1 aromatic heterocycles. The lowest BCUT2D eigenvalue weighted by molar-refractivity contribution is -0.141. The highest BCUT2D eigenvalue weighted by atomic mass is 32.2. The zero-order chi connectivity index (χ0) is 21.7. The molecule has 156 valence electrons. The Labute approximate surface area is 177 Å². The van der Waals surface area contributed by atoms with E-state index >= 15 is 0 Å². The van der Waals surface area contributed by atoms with Gasteiger partial charge in [0.15, 0.2) is 5.16 Å². The van der Waals surface area contributed by atoms with E-state index in [0.717, 1.165) is 29.8 Å². The van der Waals surface area contributed by atoms with Crippen LogP contribution in [0.25, 0.3) is 11.3 Å². The van der Waals surface area contributed by atoms with Crippen LogP contribution in [0.4, 0.5) is 18.9 Å². The molecule has 3 rings (SSSR count). The first kappa shape index (κ1) is 21.8. The van der Waals surface area contributed by atoms with Gasteiger partial charge in [-0.3, -0.25) is 4.79 Å². The zero-order valence-corrected chi connectivity index (χ0v) is 17.2. The van der Waals surface area contributed by atoms with Crippen LogP contribution in [-0.2, 0) is 17.4 Å². The summed E-state index contributed by atoms with van der Waals surface area (Å²) in [6.45, 7) is 3.62. The van der Waals surface area contributed by atoms with Crippen LogP contribution in [0.2, 0.25) is 0 Å². The summed E-state index contributed by atoms with van der Waals surface area (Å²) < 4.78 is 40.0. The van der Waals surface area contributed by atoms with Crippen LogP contribution < -0.4 is 5.32 Å². The molecule has 1 amide bonds. The number of hydrogen-bond acceptors (Lipinski definition) is 4. The second-order valence-corrected chi connectivity index (χ2v) is 7.90. The predicted octanol–water partition coefficient (Wildman–Crippen LogP) is 5.84. The number of benzene rings is 2. The maximum atomic E-state index is 13.3. The zero-order valence-electron chi connectivity index (χ0n) is 16.4. The lowest BCUT2D eigenvalue weighted by atomic mass is 10.1. The summed E-state index contributed by atoms with van der Waals surface area (Å²) in [4.78, 5) is 20.4. The van der Waals surface area contributed by atoms with Crippen molar-refractivity contribution in [3.05, 3.63) is 71.9 Å². The molecule has 0 bridgehead atoms. The molecule has 0 radical (unpaired) electrons. The molecule has 0 saturated heterocycles. The summed E-state index contributed by atoms with van der Waals surface area (Å²) in [6, 6.07) is 16.9. The van der Waals surface area contributed by atoms with Crippen LogP contribution in [0.1, 0.15) is 25.1 Å². The molecule has 2 aromatic carbocycles. The fourth-order valence-corrected chi connectivity index (χ4v) is 3.49. The Kier molecular flexibility index (Phi) is 6.77. The molecule has 1 heterocycles. The van der Waals surface area contributed by atoms with Gasteiger partial charge in [-0.05, 0) is 37.1 Å². The number of alkyl halides is 3. The maximum Gasteiger partial charge on any atom is 0.433 e. The number of anilines is 1. The first-order chi connectivity index (χ1) is 14.3. The minimum atomic E-state index is -4.62. The monoisotopic (exact) mass is 431 g/mol. The van der Waals surface area contributed by atoms with E-state index in [1.165, 1.54) is 0 Å². The highest BCUT2D eigenvalue weighted by Gasteiger charge is 2.34. The van der Waals surface area contributed by atoms with Crippen molar-refractivity contribution in [3.63, 3.8) is 0 Å². The molecule has 0 aliphatic rings. The Bertz CT molecular complexity index is 1030. The molecule has 3 aromatic rings. The van der Waals surface area contributed by atoms with E-state index in [-0.39, 0.29) is 16.8 Å². The molecule has 0 aliphatic carbocycles. The van der Waals surface area contributed by atoms with Gasteiger partial charge in [-0.2, -0.15) is 13.2 Å². The molecule has 0 spiro atoms. The molecule has 1 N–H and O–H groups in total. The van der Waals surface area contributed by atoms with Crippen molar-refractivity contribution < 1.29 is 18.0 Å². The second-order valence-electron chi connectivity index (χ2n) is 6.59. The molecule has 0 unspecified atom stereocenters. The molecule has 0 fully saturated rings. The molecule has 1 atom stereocenters. The van der Waals surface area contributed by atoms with Gasteiger partial charge in [-0.25, -0.2) is 9.97 Å². The van der Waals surface area contributed by atoms with Crippen molar-refractivity contribution in [2.75, 3.05) is 5.32 Å². The van der Waals surface area contributed by atoms with Gasteiger partial charge in [-0.15, -0.1) is 0 Å². The number of rotatable bonds is 6. The van der Waals surface area contributed by atoms with E-state index in [2.05, 4.69) is 15.3 Å². The summed E-state index contributed by atoms with van der Waals surface area (Å²) in [5, 5.41) is 1.99. The fourth-order valence-electron chi connectivity index (χ4n) is 2.70. The number of thioether (sulfide) groups is 1. The molecule has 0 aliphatic heterocycles. The number of aromatic nitrogens is 2. The molecular formula is C22H20F3N3OS. The number of carbonyl (C=O) groups is 1. The molecular weight excluding hydrogens is 411 g/mol. The van der Waals surface area contributed by atoms with Gasteiger partial charge in [0.1, 0.15) is 5.69 Å². The SMILES string of the molecule is CCc1cccc(NC(=O)[C@@H](C)Sc2nc(-c3ccccc3)cc(C(F)(F)F)n2)c1. The minimum absolute atomic E-state index is 0.103. The van der Waals surface area contributed by atoms with Crippen LogP contribution in [0.3, 0.4) is 0 Å². The highest BCUT2D eigenvalue weighted by Crippen LogP contribution is 2.33. The Hall–Kier alpha value is -2.87. The topological polar surface area (TPSA) is 54.9 Å². The first-order valence-electron chi connectivity index (χ1n) is 9.34. The van der Waals surface area contributed by atoms with Crippen molar-refractivity contribution in [1.29, 1.82) is 0 Å². The summed E-state index contributed by atoms with van der Waals surface area (Å²) >= 11 is 0.886. The van der Waals surface area contributed by atoms with E-state index in [1.807, 2.05) is 25.1 Å². The third-order valence-electron chi connectivity index (χ3n) is 4.32. The van der Waals surface area contributed by atoms with E-state index in [1.54, 1.807) is 43.3 Å². The number of nitrogens with one attached hydrogen (secondary N) is 1. The van der Waals surface area contributed by atoms with Crippen molar-refractivity contribution in [2.45, 2.75) is 36.9 Å². The van der Waals surface area contributed by atoms with E-state index in [9.17, 15) is 18.0 Å². The predicted molar refractivity (Wildman–Crippen MR) is 112 cm³/mol. The molecule has 0 saturated carbocycles. The summed E-state index contributed by atoms with van der Waals surface area (Å²) in [5.41, 5.74) is 1.37. The quantitative estimate of drug-likeness (QED) is 0.393. The number of halogens is 3. The van der Waals surface area contributed by atoms with Crippen molar-refractivity contribution in [2.24, 2.45) is 0 Å². The average Bonchev–Trinajstić information content (AvgIpc) is 2.73. The third-order valence-corrected chi connectivity index (χ3v) is 5.28. The number of aryl methyl sites for hydroxylation is 1. The van der Waals surface area contributed by atoms with Crippen molar-refractivity contribution in [3.8, 4) is 11.3 Å². The Balaban J connectivity index is 1.83. The largest absolute Gasteiger partial charge is 0.433 e. The summed E-state index contributed by atoms with van der Waals surface area (Å²) in [7, 11) is 0. The number of nitrogens with zero attached hydrogens (tertiary/aromatic N) is 2. The summed E-state index contributed by atoms with van der Waals surface area (Å²) in [5.74, 6) is -0.337. The van der Waals surface area contributed by atoms with Gasteiger partial charge in [-0.1, -0.05) is 61.2 Å². The van der Waals surface area contributed by atoms with Gasteiger partial charge < -0.3 is 5.32 Å². The lowest BCUT2D eigenvalue weighted by Crippen LogP contribution is -2.23. The fraction of sp³-hybridized carbons (Fsp3) is 0.227. The van der Waals surface area contributed by atoms with Crippen molar-refractivity contribution >= 4 is 23.4 Å². The van der Waals surface area contributed by atoms with E-state index in [4.69, 9.17) is 0 Å². The van der Waals surface area contributed by atoms with E-state index < -0.39 is 17.1 Å². The van der Waals surface area contributed by atoms with Crippen LogP contribution >= 0.6 is 11.8 Å². The maximum absolute atomic E-state index is 13.3. The first-order valence-corrected chi connectivity index (χ1v) is 10.2. The minimum Gasteiger partial charge on any atom is -0.325 e. The average molecular weight is 431 g/mol. The third kappa shape index (κ3) is 5.60. The van der Waals surface area contributed by atoms with Crippen LogP contribution in [-0.4, -0.2) is 21.1 Å². The van der Waals surface area contributed by atoms with Gasteiger partial charge in [0.2, 0.25) is 5.91 Å². The number of carbonyl (C=O) groups excluding carboxylic acids is 1. The standard InChI is InChI=1S/C22H20F3N3OS/c1-3-15-8-7-11-17(12-15)26-20(29)14(2)30-21-27-18(16-9-5-4-6-10-16)13-19(28-21)22(23,24)25/h4-14H,3H2,1-2H3,(H,26,29)/t14-/m1/s1. The number of hydrogen-bond donors (Lipinski definition) is 1. The van der Waals surface area contributed by atoms with Gasteiger partial charge >= 0.3 is 6.18 Å². The van der Waals surface area contributed by atoms with Crippen LogP contribution in [0, 0.1) is 0 Å². The van der Waals surface area contributed by atoms with Gasteiger partial charge in [0.25, 0.3) is 0 Å². The molecule has 30 heavy (non-hydrogen) atoms. The van der Waals surface area contributed by atoms with Gasteiger partial charge in [0, 0.05) is 11.3 Å². The Morgan fingerprint density at radius 1 is 1.07 bits per heavy atom. The van der Waals surface area contributed by atoms with Crippen LogP contribution in [0.15, 0.2) is 65.8 Å². The Morgan fingerprint density at radius 2 is 1.80 bits per heavy atom. The molecule has 4 nitrogen and oxygen atoms in total. The Morgan fingerprint density at radius 3 is 2.47 bits per heavy atom. The van der Waals surface area contributed by atoms with Gasteiger partial charge in [0.05, 0.1) is 10.9 Å². The summed E-state index contributed by atoms with van der Waals surface area (Å²) in [6.07, 6.45) is -3.79. The lowest BCUT2D eigenvalue weighted by Gasteiger charge is -2.14. The van der Waals surface area contributed by atoms with Crippen molar-refractivity contribution in [1.82, 2.24) is 9.97 Å². The number of amides is 1. The molecule has 8 heteroatoms. The van der Waals surface area contributed by atoms with Crippen LogP contribution in [0.5, 0.6) is 0 Å².